The lowest BCUT2D eigenvalue weighted by Gasteiger charge is -2.12. The molecule has 0 amide bonds. The van der Waals surface area contributed by atoms with Gasteiger partial charge >= 0.3 is 0 Å². The molecule has 0 radical (unpaired) electrons. The standard InChI is InChI=1S/C9H17N3OS/c1-9(2,3)14(13)11-5-8-6-12(4)7-10-8/h5-6,10H,7H2,1-4H3/b11-5+. The summed E-state index contributed by atoms with van der Waals surface area (Å²) < 4.78 is 15.3. The lowest BCUT2D eigenvalue weighted by Crippen LogP contribution is -2.20. The smallest absolute Gasteiger partial charge is 0.144 e. The number of nitrogens with one attached hydrogen (secondary N) is 1. The Hall–Kier alpha value is -0.840. The van der Waals surface area contributed by atoms with Crippen LogP contribution >= 0.6 is 0 Å². The Morgan fingerprint density at radius 2 is 2.29 bits per heavy atom. The van der Waals surface area contributed by atoms with Crippen LogP contribution in [0.15, 0.2) is 16.3 Å². The second-order valence-corrected chi connectivity index (χ2v) is 6.21. The van der Waals surface area contributed by atoms with Crippen LogP contribution in [0.4, 0.5) is 0 Å². The molecule has 0 spiro atoms. The molecule has 14 heavy (non-hydrogen) atoms. The first kappa shape index (κ1) is 11.2. The fourth-order valence-electron chi connectivity index (χ4n) is 0.886. The van der Waals surface area contributed by atoms with Crippen LogP contribution < -0.4 is 5.32 Å². The van der Waals surface area contributed by atoms with Crippen molar-refractivity contribution in [3.8, 4) is 0 Å². The van der Waals surface area contributed by atoms with Gasteiger partial charge in [-0.15, -0.1) is 0 Å². The molecule has 0 saturated heterocycles. The highest BCUT2D eigenvalue weighted by molar-refractivity contribution is 7.85. The van der Waals surface area contributed by atoms with E-state index in [0.717, 1.165) is 12.4 Å². The van der Waals surface area contributed by atoms with Gasteiger partial charge in [0.15, 0.2) is 0 Å². The first-order chi connectivity index (χ1) is 6.39. The summed E-state index contributed by atoms with van der Waals surface area (Å²) in [6.07, 6.45) is 3.56. The molecule has 4 nitrogen and oxygen atoms in total. The number of nitrogens with zero attached hydrogens (tertiary/aromatic N) is 2. The van der Waals surface area contributed by atoms with E-state index in [0.29, 0.717) is 0 Å². The molecule has 1 rings (SSSR count). The Morgan fingerprint density at radius 3 is 2.71 bits per heavy atom. The lowest BCUT2D eigenvalue weighted by atomic mass is 10.3. The molecule has 1 aliphatic heterocycles. The molecular formula is C9H17N3OS. The molecule has 80 valence electrons. The molecule has 0 aliphatic carbocycles. The average molecular weight is 215 g/mol. The maximum absolute atomic E-state index is 11.5. The van der Waals surface area contributed by atoms with Crippen LogP contribution in [0.5, 0.6) is 0 Å². The predicted molar refractivity (Wildman–Crippen MR) is 60.2 cm³/mol. The maximum Gasteiger partial charge on any atom is 0.144 e. The van der Waals surface area contributed by atoms with Gasteiger partial charge in [0.05, 0.1) is 23.3 Å². The molecule has 1 atom stereocenters. The number of allylic oxidation sites excluding steroid dienone is 1. The predicted octanol–water partition coefficient (Wildman–Crippen LogP) is 0.853. The molecule has 0 aromatic rings. The molecule has 0 aromatic carbocycles. The zero-order valence-corrected chi connectivity index (χ0v) is 9.89. The van der Waals surface area contributed by atoms with Gasteiger partial charge in [-0.3, -0.25) is 0 Å². The van der Waals surface area contributed by atoms with Gasteiger partial charge in [-0.25, -0.2) is 4.21 Å². The van der Waals surface area contributed by atoms with Gasteiger partial charge in [0.25, 0.3) is 0 Å². The Balaban J connectivity index is 2.57. The van der Waals surface area contributed by atoms with Gasteiger partial charge in [0.2, 0.25) is 0 Å². The van der Waals surface area contributed by atoms with Crippen molar-refractivity contribution in [3.63, 3.8) is 0 Å². The Labute approximate surface area is 87.7 Å². The summed E-state index contributed by atoms with van der Waals surface area (Å²) in [6, 6.07) is 0. The first-order valence-electron chi connectivity index (χ1n) is 4.51. The van der Waals surface area contributed by atoms with Gasteiger partial charge in [-0.1, -0.05) is 0 Å². The van der Waals surface area contributed by atoms with E-state index < -0.39 is 11.0 Å². The minimum Gasteiger partial charge on any atom is -0.365 e. The van der Waals surface area contributed by atoms with Crippen molar-refractivity contribution in [2.24, 2.45) is 4.40 Å². The molecule has 0 saturated carbocycles. The van der Waals surface area contributed by atoms with Crippen LogP contribution in [0, 0.1) is 0 Å². The van der Waals surface area contributed by atoms with Gasteiger partial charge in [-0.05, 0) is 20.8 Å². The van der Waals surface area contributed by atoms with Gasteiger partial charge in [0, 0.05) is 13.2 Å². The molecule has 0 aromatic heterocycles. The Bertz CT molecular complexity index is 291. The highest BCUT2D eigenvalue weighted by atomic mass is 32.2. The van der Waals surface area contributed by atoms with E-state index in [4.69, 9.17) is 0 Å². The third kappa shape index (κ3) is 3.14. The van der Waals surface area contributed by atoms with E-state index in [1.54, 1.807) is 6.21 Å². The van der Waals surface area contributed by atoms with Crippen LogP contribution in [-0.4, -0.2) is 33.8 Å². The summed E-state index contributed by atoms with van der Waals surface area (Å²) in [6.45, 7) is 6.50. The molecule has 0 fully saturated rings. The monoisotopic (exact) mass is 215 g/mol. The van der Waals surface area contributed by atoms with Crippen molar-refractivity contribution in [2.75, 3.05) is 13.7 Å². The molecule has 1 N–H and O–H groups in total. The van der Waals surface area contributed by atoms with E-state index in [9.17, 15) is 4.21 Å². The normalized spacial score (nSPS) is 19.7. The van der Waals surface area contributed by atoms with Crippen molar-refractivity contribution in [3.05, 3.63) is 11.9 Å². The molecule has 5 heteroatoms. The van der Waals surface area contributed by atoms with Crippen molar-refractivity contribution in [1.82, 2.24) is 10.2 Å². The van der Waals surface area contributed by atoms with E-state index in [1.807, 2.05) is 38.9 Å². The quantitative estimate of drug-likeness (QED) is 0.695. The minimum atomic E-state index is -1.17. The maximum atomic E-state index is 11.5. The molecule has 1 heterocycles. The molecule has 1 unspecified atom stereocenters. The first-order valence-corrected chi connectivity index (χ1v) is 5.62. The largest absolute Gasteiger partial charge is 0.365 e. The summed E-state index contributed by atoms with van der Waals surface area (Å²) in [4.78, 5) is 2.00. The zero-order chi connectivity index (χ0) is 10.8. The van der Waals surface area contributed by atoms with Crippen molar-refractivity contribution in [2.45, 2.75) is 25.5 Å². The van der Waals surface area contributed by atoms with Gasteiger partial charge < -0.3 is 10.2 Å². The third-order valence-electron chi connectivity index (χ3n) is 1.70. The lowest BCUT2D eigenvalue weighted by molar-refractivity contribution is 0.474. The van der Waals surface area contributed by atoms with E-state index in [-0.39, 0.29) is 4.75 Å². The Kier molecular flexibility index (Phi) is 3.31. The van der Waals surface area contributed by atoms with Gasteiger partial charge in [0.1, 0.15) is 11.0 Å². The van der Waals surface area contributed by atoms with Crippen LogP contribution in [-0.2, 0) is 11.0 Å². The summed E-state index contributed by atoms with van der Waals surface area (Å²) in [5.74, 6) is 0. The highest BCUT2D eigenvalue weighted by Crippen LogP contribution is 2.12. The number of hydrogen-bond acceptors (Lipinski definition) is 3. The summed E-state index contributed by atoms with van der Waals surface area (Å²) in [5, 5.41) is 3.12. The third-order valence-corrected chi connectivity index (χ3v) is 3.05. The Morgan fingerprint density at radius 1 is 1.64 bits per heavy atom. The van der Waals surface area contributed by atoms with Crippen molar-refractivity contribution < 1.29 is 4.21 Å². The van der Waals surface area contributed by atoms with E-state index >= 15 is 0 Å². The van der Waals surface area contributed by atoms with Gasteiger partial charge in [-0.2, -0.15) is 4.40 Å². The van der Waals surface area contributed by atoms with Crippen LogP contribution in [0.3, 0.4) is 0 Å². The molecular weight excluding hydrogens is 198 g/mol. The zero-order valence-electron chi connectivity index (χ0n) is 9.07. The van der Waals surface area contributed by atoms with E-state index in [1.165, 1.54) is 0 Å². The summed E-state index contributed by atoms with van der Waals surface area (Å²) in [5.41, 5.74) is 0.908. The van der Waals surface area contributed by atoms with Crippen molar-refractivity contribution >= 4 is 17.2 Å². The second-order valence-electron chi connectivity index (χ2n) is 4.27. The fraction of sp³-hybridized carbons (Fsp3) is 0.667. The summed E-state index contributed by atoms with van der Waals surface area (Å²) >= 11 is 0. The second kappa shape index (κ2) is 4.13. The van der Waals surface area contributed by atoms with Crippen LogP contribution in [0.25, 0.3) is 0 Å². The van der Waals surface area contributed by atoms with E-state index in [2.05, 4.69) is 9.71 Å². The van der Waals surface area contributed by atoms with Crippen LogP contribution in [0.1, 0.15) is 20.8 Å². The van der Waals surface area contributed by atoms with Crippen molar-refractivity contribution in [1.29, 1.82) is 0 Å². The fourth-order valence-corrected chi connectivity index (χ4v) is 1.41. The highest BCUT2D eigenvalue weighted by Gasteiger charge is 2.18. The minimum absolute atomic E-state index is 0.290. The van der Waals surface area contributed by atoms with Crippen LogP contribution in [0.2, 0.25) is 0 Å². The topological polar surface area (TPSA) is 44.7 Å². The molecule has 1 aliphatic rings. The number of rotatable bonds is 2. The molecule has 0 bridgehead atoms. The average Bonchev–Trinajstić information content (AvgIpc) is 2.45. The number of hydrogen-bond donors (Lipinski definition) is 1. The summed E-state index contributed by atoms with van der Waals surface area (Å²) in [7, 11) is 0.792. The SMILES string of the molecule is CN1C=C(/C=N/S(=O)C(C)(C)C)NC1.